The van der Waals surface area contributed by atoms with Crippen molar-refractivity contribution in [2.75, 3.05) is 7.11 Å². The second-order valence-electron chi connectivity index (χ2n) is 7.19. The van der Waals surface area contributed by atoms with Crippen LogP contribution in [0, 0.1) is 5.41 Å². The number of allylic oxidation sites excluding steroid dienone is 2. The van der Waals surface area contributed by atoms with Crippen molar-refractivity contribution in [2.45, 2.75) is 39.0 Å². The van der Waals surface area contributed by atoms with Crippen LogP contribution in [0.1, 0.15) is 44.6 Å². The average molecular weight is 350 g/mol. The summed E-state index contributed by atoms with van der Waals surface area (Å²) in [5.74, 6) is -0.353. The van der Waals surface area contributed by atoms with Crippen LogP contribution in [0.3, 0.4) is 0 Å². The molecule has 0 bridgehead atoms. The number of nitrogens with one attached hydrogen (secondary N) is 1. The zero-order valence-electron chi connectivity index (χ0n) is 13.9. The van der Waals surface area contributed by atoms with Gasteiger partial charge in [-0.25, -0.2) is 0 Å². The van der Waals surface area contributed by atoms with Gasteiger partial charge in [0.25, 0.3) is 0 Å². The van der Waals surface area contributed by atoms with Crippen LogP contribution in [0.2, 0.25) is 5.02 Å². The molecule has 0 fully saturated rings. The first-order valence-corrected chi connectivity index (χ1v) is 8.22. The van der Waals surface area contributed by atoms with Crippen molar-refractivity contribution in [1.29, 1.82) is 0 Å². The first-order chi connectivity index (χ1) is 11.2. The third-order valence-electron chi connectivity index (χ3n) is 4.62. The van der Waals surface area contributed by atoms with E-state index >= 15 is 0 Å². The highest BCUT2D eigenvalue weighted by Crippen LogP contribution is 2.46. The molecule has 0 aromatic heterocycles. The Morgan fingerprint density at radius 3 is 2.67 bits per heavy atom. The predicted octanol–water partition coefficient (Wildman–Crippen LogP) is 3.30. The summed E-state index contributed by atoms with van der Waals surface area (Å²) < 4.78 is 5.14. The lowest BCUT2D eigenvalue weighted by Gasteiger charge is -2.37. The molecular formula is C18H20ClNO4. The summed E-state index contributed by atoms with van der Waals surface area (Å²) in [7, 11) is 1.43. The number of halogens is 1. The Morgan fingerprint density at radius 2 is 2.00 bits per heavy atom. The van der Waals surface area contributed by atoms with E-state index in [1.165, 1.54) is 7.11 Å². The van der Waals surface area contributed by atoms with Gasteiger partial charge in [-0.05, 0) is 29.5 Å². The van der Waals surface area contributed by atoms with Crippen LogP contribution < -0.4 is 10.1 Å². The lowest BCUT2D eigenvalue weighted by atomic mass is 9.70. The van der Waals surface area contributed by atoms with E-state index in [-0.39, 0.29) is 46.0 Å². The van der Waals surface area contributed by atoms with Gasteiger partial charge >= 0.3 is 0 Å². The molecule has 1 aliphatic carbocycles. The number of aromatic hydroxyl groups is 1. The second-order valence-corrected chi connectivity index (χ2v) is 7.60. The molecule has 0 unspecified atom stereocenters. The molecule has 6 heteroatoms. The van der Waals surface area contributed by atoms with E-state index in [2.05, 4.69) is 5.32 Å². The number of Topliss-reactive ketones (excluding diaryl/α,β-unsaturated/α-hetero) is 1. The van der Waals surface area contributed by atoms with Gasteiger partial charge in [0.2, 0.25) is 5.91 Å². The number of phenols is 1. The number of benzene rings is 1. The quantitative estimate of drug-likeness (QED) is 0.859. The van der Waals surface area contributed by atoms with Crippen molar-refractivity contribution < 1.29 is 19.4 Å². The maximum Gasteiger partial charge on any atom is 0.225 e. The predicted molar refractivity (Wildman–Crippen MR) is 90.2 cm³/mol. The number of amides is 1. The standard InChI is InChI=1S/C18H20ClNO4/c1-18(2)7-12-16(13(21)8-18)10(6-15(22)20-12)9-4-11(19)17(23)14(5-9)24-3/h4-5,10,23H,6-8H2,1-3H3,(H,20,22)/t10-/m1/s1. The molecular weight excluding hydrogens is 330 g/mol. The minimum atomic E-state index is -0.371. The summed E-state index contributed by atoms with van der Waals surface area (Å²) in [6, 6.07) is 3.24. The fraction of sp³-hybridized carbons (Fsp3) is 0.444. The van der Waals surface area contributed by atoms with Crippen molar-refractivity contribution in [3.8, 4) is 11.5 Å². The monoisotopic (exact) mass is 349 g/mol. The van der Waals surface area contributed by atoms with Crippen molar-refractivity contribution >= 4 is 23.3 Å². The van der Waals surface area contributed by atoms with E-state index in [1.807, 2.05) is 13.8 Å². The van der Waals surface area contributed by atoms with Crippen molar-refractivity contribution in [2.24, 2.45) is 5.41 Å². The molecule has 0 saturated carbocycles. The normalized spacial score (nSPS) is 22.9. The Balaban J connectivity index is 2.12. The minimum absolute atomic E-state index is 0.0504. The smallest absolute Gasteiger partial charge is 0.225 e. The van der Waals surface area contributed by atoms with Gasteiger partial charge in [-0.1, -0.05) is 25.4 Å². The molecule has 5 nitrogen and oxygen atoms in total. The van der Waals surface area contributed by atoms with Crippen LogP contribution in [0.15, 0.2) is 23.4 Å². The SMILES string of the molecule is COc1cc([C@H]2CC(=O)NC3=C2C(=O)CC(C)(C)C3)cc(Cl)c1O. The number of hydrogen-bond acceptors (Lipinski definition) is 4. The number of hydrogen-bond donors (Lipinski definition) is 2. The molecule has 2 aliphatic rings. The van der Waals surface area contributed by atoms with Crippen molar-refractivity contribution in [1.82, 2.24) is 5.32 Å². The topological polar surface area (TPSA) is 75.6 Å². The fourth-order valence-corrected chi connectivity index (χ4v) is 3.81. The molecule has 1 heterocycles. The molecule has 0 saturated heterocycles. The second kappa shape index (κ2) is 5.81. The number of methoxy groups -OCH3 is 1. The Kier molecular flexibility index (Phi) is 4.08. The Labute approximate surface area is 145 Å². The molecule has 1 aromatic carbocycles. The minimum Gasteiger partial charge on any atom is -0.503 e. The van der Waals surface area contributed by atoms with E-state index in [4.69, 9.17) is 16.3 Å². The molecule has 128 valence electrons. The number of carbonyl (C=O) groups excluding carboxylic acids is 2. The molecule has 0 radical (unpaired) electrons. The molecule has 1 aliphatic heterocycles. The number of ether oxygens (including phenoxy) is 1. The van der Waals surface area contributed by atoms with Crippen LogP contribution in [0.25, 0.3) is 0 Å². The first kappa shape index (κ1) is 16.8. The molecule has 0 spiro atoms. The summed E-state index contributed by atoms with van der Waals surface area (Å²) >= 11 is 6.08. The average Bonchev–Trinajstić information content (AvgIpc) is 2.47. The Morgan fingerprint density at radius 1 is 1.29 bits per heavy atom. The maximum atomic E-state index is 12.7. The van der Waals surface area contributed by atoms with Crippen LogP contribution in [-0.4, -0.2) is 23.9 Å². The van der Waals surface area contributed by atoms with Crippen molar-refractivity contribution in [3.63, 3.8) is 0 Å². The summed E-state index contributed by atoms with van der Waals surface area (Å²) in [4.78, 5) is 24.9. The first-order valence-electron chi connectivity index (χ1n) is 7.84. The van der Waals surface area contributed by atoms with Crippen molar-refractivity contribution in [3.05, 3.63) is 34.0 Å². The summed E-state index contributed by atoms with van der Waals surface area (Å²) in [6.07, 6.45) is 1.27. The van der Waals surface area contributed by atoms with Gasteiger partial charge in [0, 0.05) is 30.0 Å². The molecule has 2 N–H and O–H groups in total. The molecule has 1 amide bonds. The largest absolute Gasteiger partial charge is 0.503 e. The number of rotatable bonds is 2. The van der Waals surface area contributed by atoms with Crippen LogP contribution in [0.4, 0.5) is 0 Å². The Hall–Kier alpha value is -2.01. The molecule has 1 aromatic rings. The van der Waals surface area contributed by atoms with E-state index in [0.717, 1.165) is 0 Å². The van der Waals surface area contributed by atoms with E-state index in [1.54, 1.807) is 12.1 Å². The number of ketones is 1. The lowest BCUT2D eigenvalue weighted by molar-refractivity contribution is -0.122. The summed E-state index contributed by atoms with van der Waals surface area (Å²) in [5.41, 5.74) is 1.89. The van der Waals surface area contributed by atoms with Gasteiger partial charge < -0.3 is 15.2 Å². The van der Waals surface area contributed by atoms with Gasteiger partial charge in [0.1, 0.15) is 0 Å². The van der Waals surface area contributed by atoms with Gasteiger partial charge in [-0.2, -0.15) is 0 Å². The molecule has 24 heavy (non-hydrogen) atoms. The van der Waals surface area contributed by atoms with Gasteiger partial charge in [-0.15, -0.1) is 0 Å². The Bertz CT molecular complexity index is 767. The highest BCUT2D eigenvalue weighted by Gasteiger charge is 2.40. The molecule has 1 atom stereocenters. The van der Waals surface area contributed by atoms with Crippen LogP contribution >= 0.6 is 11.6 Å². The molecule has 3 rings (SSSR count). The van der Waals surface area contributed by atoms with Gasteiger partial charge in [0.05, 0.1) is 12.1 Å². The zero-order chi connectivity index (χ0) is 17.6. The highest BCUT2D eigenvalue weighted by atomic mass is 35.5. The van der Waals surface area contributed by atoms with Crippen LogP contribution in [-0.2, 0) is 9.59 Å². The lowest BCUT2D eigenvalue weighted by Crippen LogP contribution is -2.40. The van der Waals surface area contributed by atoms with E-state index < -0.39 is 0 Å². The van der Waals surface area contributed by atoms with Crippen LogP contribution in [0.5, 0.6) is 11.5 Å². The summed E-state index contributed by atoms with van der Waals surface area (Å²) in [6.45, 7) is 4.04. The van der Waals surface area contributed by atoms with Gasteiger partial charge in [-0.3, -0.25) is 9.59 Å². The summed E-state index contributed by atoms with van der Waals surface area (Å²) in [5, 5.41) is 12.9. The third-order valence-corrected chi connectivity index (χ3v) is 4.91. The zero-order valence-corrected chi connectivity index (χ0v) is 14.7. The van der Waals surface area contributed by atoms with E-state index in [9.17, 15) is 14.7 Å². The third kappa shape index (κ3) is 2.88. The van der Waals surface area contributed by atoms with Gasteiger partial charge in [0.15, 0.2) is 17.3 Å². The number of carbonyl (C=O) groups is 2. The maximum absolute atomic E-state index is 12.7. The van der Waals surface area contributed by atoms with E-state index in [0.29, 0.717) is 29.7 Å². The highest BCUT2D eigenvalue weighted by molar-refractivity contribution is 6.32. The fourth-order valence-electron chi connectivity index (χ4n) is 3.59. The number of phenolic OH excluding ortho intramolecular Hbond substituents is 1.